The maximum atomic E-state index is 11.8. The maximum Gasteiger partial charge on any atom is 0.422 e. The SMILES string of the molecule is Cc1ccc(Cl)cc1OCC(F)(F)F. The van der Waals surface area contributed by atoms with E-state index in [-0.39, 0.29) is 5.75 Å². The summed E-state index contributed by atoms with van der Waals surface area (Å²) in [7, 11) is 0. The summed E-state index contributed by atoms with van der Waals surface area (Å²) in [6.45, 7) is 0.357. The summed E-state index contributed by atoms with van der Waals surface area (Å²) < 4.78 is 40.0. The van der Waals surface area contributed by atoms with E-state index in [0.29, 0.717) is 10.6 Å². The normalized spacial score (nSPS) is 11.5. The Balaban J connectivity index is 2.72. The molecular formula is C9H8ClF3O. The van der Waals surface area contributed by atoms with E-state index in [9.17, 15) is 13.2 Å². The third-order valence-electron chi connectivity index (χ3n) is 1.54. The van der Waals surface area contributed by atoms with E-state index in [1.807, 2.05) is 0 Å². The molecule has 0 saturated carbocycles. The highest BCUT2D eigenvalue weighted by Gasteiger charge is 2.28. The molecule has 1 rings (SSSR count). The molecule has 0 aromatic heterocycles. The molecule has 14 heavy (non-hydrogen) atoms. The van der Waals surface area contributed by atoms with Crippen LogP contribution in [-0.2, 0) is 0 Å². The van der Waals surface area contributed by atoms with Gasteiger partial charge in [-0.2, -0.15) is 13.2 Å². The van der Waals surface area contributed by atoms with Crippen LogP contribution in [0.15, 0.2) is 18.2 Å². The Morgan fingerprint density at radius 1 is 1.36 bits per heavy atom. The van der Waals surface area contributed by atoms with Gasteiger partial charge in [0.1, 0.15) is 5.75 Å². The minimum absolute atomic E-state index is 0.162. The number of alkyl halides is 3. The molecular weight excluding hydrogens is 217 g/mol. The molecule has 0 bridgehead atoms. The van der Waals surface area contributed by atoms with Crippen LogP contribution in [0.2, 0.25) is 5.02 Å². The third-order valence-corrected chi connectivity index (χ3v) is 1.78. The van der Waals surface area contributed by atoms with E-state index in [4.69, 9.17) is 11.6 Å². The van der Waals surface area contributed by atoms with Gasteiger partial charge in [0, 0.05) is 5.02 Å². The zero-order chi connectivity index (χ0) is 10.8. The molecule has 0 aliphatic rings. The van der Waals surface area contributed by atoms with Gasteiger partial charge >= 0.3 is 6.18 Å². The van der Waals surface area contributed by atoms with E-state index in [2.05, 4.69) is 4.74 Å². The van der Waals surface area contributed by atoms with Crippen molar-refractivity contribution >= 4 is 11.6 Å². The van der Waals surface area contributed by atoms with Crippen molar-refractivity contribution in [2.75, 3.05) is 6.61 Å². The predicted octanol–water partition coefficient (Wildman–Crippen LogP) is 3.59. The van der Waals surface area contributed by atoms with Crippen LogP contribution in [-0.4, -0.2) is 12.8 Å². The molecule has 0 radical (unpaired) electrons. The van der Waals surface area contributed by atoms with Gasteiger partial charge in [-0.1, -0.05) is 17.7 Å². The molecule has 0 N–H and O–H groups in total. The van der Waals surface area contributed by atoms with Gasteiger partial charge in [0.2, 0.25) is 0 Å². The van der Waals surface area contributed by atoms with Gasteiger partial charge in [0.25, 0.3) is 0 Å². The number of hydrogen-bond donors (Lipinski definition) is 0. The second kappa shape index (κ2) is 4.09. The standard InChI is InChI=1S/C9H8ClF3O/c1-6-2-3-7(10)4-8(6)14-5-9(11,12)13/h2-4H,5H2,1H3. The lowest BCUT2D eigenvalue weighted by Crippen LogP contribution is -2.19. The largest absolute Gasteiger partial charge is 0.484 e. The van der Waals surface area contributed by atoms with E-state index in [0.717, 1.165) is 0 Å². The fraction of sp³-hybridized carbons (Fsp3) is 0.333. The second-order valence-corrected chi connectivity index (χ2v) is 3.25. The van der Waals surface area contributed by atoms with Crippen molar-refractivity contribution in [3.05, 3.63) is 28.8 Å². The molecule has 0 saturated heterocycles. The minimum atomic E-state index is -4.32. The molecule has 0 fully saturated rings. The summed E-state index contributed by atoms with van der Waals surface area (Å²) in [5.41, 5.74) is 0.624. The monoisotopic (exact) mass is 224 g/mol. The lowest BCUT2D eigenvalue weighted by molar-refractivity contribution is -0.153. The molecule has 0 aliphatic heterocycles. The van der Waals surface area contributed by atoms with Crippen LogP contribution in [0.4, 0.5) is 13.2 Å². The van der Waals surface area contributed by atoms with Crippen LogP contribution >= 0.6 is 11.6 Å². The number of benzene rings is 1. The Morgan fingerprint density at radius 3 is 2.57 bits per heavy atom. The first-order valence-electron chi connectivity index (χ1n) is 3.84. The quantitative estimate of drug-likeness (QED) is 0.746. The summed E-state index contributed by atoms with van der Waals surface area (Å²) in [5, 5.41) is 0.354. The fourth-order valence-corrected chi connectivity index (χ4v) is 1.05. The lowest BCUT2D eigenvalue weighted by atomic mass is 10.2. The van der Waals surface area contributed by atoms with Gasteiger partial charge in [-0.3, -0.25) is 0 Å². The number of hydrogen-bond acceptors (Lipinski definition) is 1. The average Bonchev–Trinajstić information content (AvgIpc) is 2.05. The van der Waals surface area contributed by atoms with Crippen LogP contribution in [0, 0.1) is 6.92 Å². The van der Waals surface area contributed by atoms with Crippen molar-refractivity contribution in [3.8, 4) is 5.75 Å². The van der Waals surface area contributed by atoms with E-state index >= 15 is 0 Å². The zero-order valence-corrected chi connectivity index (χ0v) is 8.12. The summed E-state index contributed by atoms with van der Waals surface area (Å²) in [5.74, 6) is 0.162. The predicted molar refractivity (Wildman–Crippen MR) is 47.7 cm³/mol. The van der Waals surface area contributed by atoms with E-state index < -0.39 is 12.8 Å². The van der Waals surface area contributed by atoms with Crippen LogP contribution in [0.5, 0.6) is 5.75 Å². The Labute approximate surface area is 84.4 Å². The Bertz CT molecular complexity index is 322. The third kappa shape index (κ3) is 3.46. The molecule has 0 heterocycles. The van der Waals surface area contributed by atoms with Crippen LogP contribution < -0.4 is 4.74 Å². The van der Waals surface area contributed by atoms with Crippen LogP contribution in [0.1, 0.15) is 5.56 Å². The Hall–Kier alpha value is -0.900. The van der Waals surface area contributed by atoms with Gasteiger partial charge in [0.15, 0.2) is 6.61 Å². The molecule has 78 valence electrons. The molecule has 0 unspecified atom stereocenters. The van der Waals surface area contributed by atoms with Crippen molar-refractivity contribution in [2.45, 2.75) is 13.1 Å². The molecule has 0 spiro atoms. The summed E-state index contributed by atoms with van der Waals surface area (Å²) in [4.78, 5) is 0. The van der Waals surface area contributed by atoms with Crippen molar-refractivity contribution in [1.29, 1.82) is 0 Å². The first-order valence-corrected chi connectivity index (χ1v) is 4.22. The molecule has 5 heteroatoms. The van der Waals surface area contributed by atoms with Gasteiger partial charge in [-0.15, -0.1) is 0 Å². The summed E-state index contributed by atoms with van der Waals surface area (Å²) in [6, 6.07) is 4.56. The number of aryl methyl sites for hydroxylation is 1. The second-order valence-electron chi connectivity index (χ2n) is 2.81. The summed E-state index contributed by atoms with van der Waals surface area (Å²) in [6.07, 6.45) is -4.32. The highest BCUT2D eigenvalue weighted by Crippen LogP contribution is 2.24. The van der Waals surface area contributed by atoms with Crippen LogP contribution in [0.3, 0.4) is 0 Å². The van der Waals surface area contributed by atoms with Gasteiger partial charge < -0.3 is 4.74 Å². The lowest BCUT2D eigenvalue weighted by Gasteiger charge is -2.11. The highest BCUT2D eigenvalue weighted by molar-refractivity contribution is 6.30. The summed E-state index contributed by atoms with van der Waals surface area (Å²) >= 11 is 5.61. The Kier molecular flexibility index (Phi) is 3.26. The first kappa shape index (κ1) is 11.2. The van der Waals surface area contributed by atoms with Crippen molar-refractivity contribution in [3.63, 3.8) is 0 Å². The fourth-order valence-electron chi connectivity index (χ4n) is 0.889. The highest BCUT2D eigenvalue weighted by atomic mass is 35.5. The van der Waals surface area contributed by atoms with Crippen molar-refractivity contribution in [1.82, 2.24) is 0 Å². The minimum Gasteiger partial charge on any atom is -0.484 e. The van der Waals surface area contributed by atoms with Crippen molar-refractivity contribution in [2.24, 2.45) is 0 Å². The van der Waals surface area contributed by atoms with Gasteiger partial charge in [0.05, 0.1) is 0 Å². The molecule has 1 nitrogen and oxygen atoms in total. The van der Waals surface area contributed by atoms with E-state index in [1.165, 1.54) is 6.07 Å². The molecule has 1 aromatic carbocycles. The van der Waals surface area contributed by atoms with Crippen LogP contribution in [0.25, 0.3) is 0 Å². The average molecular weight is 225 g/mol. The van der Waals surface area contributed by atoms with E-state index in [1.54, 1.807) is 19.1 Å². The molecule has 1 aromatic rings. The first-order chi connectivity index (χ1) is 6.38. The van der Waals surface area contributed by atoms with Crippen molar-refractivity contribution < 1.29 is 17.9 Å². The number of rotatable bonds is 2. The number of ether oxygens (including phenoxy) is 1. The molecule has 0 atom stereocenters. The molecule has 0 amide bonds. The van der Waals surface area contributed by atoms with Gasteiger partial charge in [-0.25, -0.2) is 0 Å². The maximum absolute atomic E-state index is 11.8. The van der Waals surface area contributed by atoms with Gasteiger partial charge in [-0.05, 0) is 24.6 Å². The smallest absolute Gasteiger partial charge is 0.422 e. The topological polar surface area (TPSA) is 9.23 Å². The zero-order valence-electron chi connectivity index (χ0n) is 7.36. The molecule has 0 aliphatic carbocycles. The Morgan fingerprint density at radius 2 is 2.00 bits per heavy atom. The number of halogens is 4.